The van der Waals surface area contributed by atoms with Gasteiger partial charge in [0.25, 0.3) is 0 Å². The third-order valence-electron chi connectivity index (χ3n) is 3.88. The maximum atomic E-state index is 12.1. The number of nitrogens with one attached hydrogen (secondary N) is 1. The summed E-state index contributed by atoms with van der Waals surface area (Å²) in [6.07, 6.45) is 1.33. The van der Waals surface area contributed by atoms with Crippen LogP contribution < -0.4 is 20.5 Å². The van der Waals surface area contributed by atoms with Gasteiger partial charge in [-0.1, -0.05) is 18.2 Å². The van der Waals surface area contributed by atoms with Crippen LogP contribution in [-0.2, 0) is 11.3 Å². The van der Waals surface area contributed by atoms with Crippen LogP contribution in [0, 0.1) is 0 Å². The van der Waals surface area contributed by atoms with E-state index in [1.54, 1.807) is 24.4 Å². The first kappa shape index (κ1) is 15.3. The SMILES string of the molecule is O=C(Cn1nc2ccccn2c1=O)NCC1COc2ccccc2O1. The lowest BCUT2D eigenvalue weighted by Gasteiger charge is -2.26. The van der Waals surface area contributed by atoms with Gasteiger partial charge in [0.1, 0.15) is 19.3 Å². The molecule has 1 aromatic carbocycles. The summed E-state index contributed by atoms with van der Waals surface area (Å²) in [4.78, 5) is 24.3. The molecular formula is C17H16N4O4. The van der Waals surface area contributed by atoms with Crippen molar-refractivity contribution in [2.45, 2.75) is 12.6 Å². The Labute approximate surface area is 142 Å². The molecule has 0 bridgehead atoms. The predicted octanol–water partition coefficient (Wildman–Crippen LogP) is 0.452. The van der Waals surface area contributed by atoms with E-state index in [1.165, 1.54) is 4.40 Å². The quantitative estimate of drug-likeness (QED) is 0.745. The molecule has 1 unspecified atom stereocenters. The summed E-state index contributed by atoms with van der Waals surface area (Å²) in [7, 11) is 0. The molecule has 0 spiro atoms. The Morgan fingerprint density at radius 1 is 1.20 bits per heavy atom. The Kier molecular flexibility index (Phi) is 3.85. The number of fused-ring (bicyclic) bond motifs is 2. The Morgan fingerprint density at radius 3 is 2.84 bits per heavy atom. The minimum Gasteiger partial charge on any atom is -0.486 e. The third kappa shape index (κ3) is 3.06. The first-order chi connectivity index (χ1) is 12.2. The number of carbonyl (C=O) groups is 1. The normalized spacial score (nSPS) is 15.9. The fourth-order valence-corrected chi connectivity index (χ4v) is 2.65. The molecule has 1 N–H and O–H groups in total. The second-order valence-corrected chi connectivity index (χ2v) is 5.67. The van der Waals surface area contributed by atoms with Gasteiger partial charge in [0.05, 0.1) is 6.54 Å². The summed E-state index contributed by atoms with van der Waals surface area (Å²) in [6.45, 7) is 0.492. The van der Waals surface area contributed by atoms with Gasteiger partial charge in [-0.05, 0) is 24.3 Å². The summed E-state index contributed by atoms with van der Waals surface area (Å²) in [5.74, 6) is 1.04. The van der Waals surface area contributed by atoms with Crippen molar-refractivity contribution in [3.63, 3.8) is 0 Å². The largest absolute Gasteiger partial charge is 0.486 e. The van der Waals surface area contributed by atoms with Gasteiger partial charge in [0.2, 0.25) is 5.91 Å². The second-order valence-electron chi connectivity index (χ2n) is 5.67. The lowest BCUT2D eigenvalue weighted by atomic mass is 10.2. The van der Waals surface area contributed by atoms with E-state index in [2.05, 4.69) is 10.4 Å². The number of nitrogens with zero attached hydrogens (tertiary/aromatic N) is 3. The van der Waals surface area contributed by atoms with Crippen molar-refractivity contribution >= 4 is 11.6 Å². The highest BCUT2D eigenvalue weighted by atomic mass is 16.6. The number of benzene rings is 1. The maximum absolute atomic E-state index is 12.1. The number of aromatic nitrogens is 3. The van der Waals surface area contributed by atoms with E-state index in [-0.39, 0.29) is 30.8 Å². The Morgan fingerprint density at radius 2 is 2.00 bits per heavy atom. The second kappa shape index (κ2) is 6.31. The molecule has 0 saturated carbocycles. The number of para-hydroxylation sites is 2. The highest BCUT2D eigenvalue weighted by Crippen LogP contribution is 2.30. The number of ether oxygens (including phenoxy) is 2. The number of amides is 1. The highest BCUT2D eigenvalue weighted by molar-refractivity contribution is 5.75. The Bertz CT molecular complexity index is 978. The van der Waals surface area contributed by atoms with Crippen molar-refractivity contribution in [2.75, 3.05) is 13.2 Å². The van der Waals surface area contributed by atoms with Crippen LogP contribution in [0.25, 0.3) is 5.65 Å². The van der Waals surface area contributed by atoms with E-state index in [0.29, 0.717) is 23.8 Å². The van der Waals surface area contributed by atoms with Crippen LogP contribution in [0.15, 0.2) is 53.5 Å². The van der Waals surface area contributed by atoms with Crippen molar-refractivity contribution in [2.24, 2.45) is 0 Å². The molecule has 0 saturated heterocycles. The van der Waals surface area contributed by atoms with Gasteiger partial charge in [-0.15, -0.1) is 5.10 Å². The standard InChI is InChI=1S/C17H16N4O4/c22-16(10-21-17(23)20-8-4-3-7-15(20)19-21)18-9-12-11-24-13-5-1-2-6-14(13)25-12/h1-8,12H,9-11H2,(H,18,22). The van der Waals surface area contributed by atoms with E-state index in [4.69, 9.17) is 9.47 Å². The van der Waals surface area contributed by atoms with Crippen molar-refractivity contribution in [1.82, 2.24) is 19.5 Å². The molecular weight excluding hydrogens is 324 g/mol. The first-order valence-corrected chi connectivity index (χ1v) is 7.90. The van der Waals surface area contributed by atoms with Crippen LogP contribution in [0.2, 0.25) is 0 Å². The number of hydrogen-bond acceptors (Lipinski definition) is 5. The number of hydrogen-bond donors (Lipinski definition) is 1. The molecule has 3 heterocycles. The molecule has 2 aromatic heterocycles. The zero-order valence-electron chi connectivity index (χ0n) is 13.3. The third-order valence-corrected chi connectivity index (χ3v) is 3.88. The van der Waals surface area contributed by atoms with Crippen molar-refractivity contribution in [1.29, 1.82) is 0 Å². The molecule has 1 aliphatic heterocycles. The molecule has 3 aromatic rings. The lowest BCUT2D eigenvalue weighted by Crippen LogP contribution is -2.42. The average molecular weight is 340 g/mol. The van der Waals surface area contributed by atoms with E-state index < -0.39 is 0 Å². The summed E-state index contributed by atoms with van der Waals surface area (Å²) < 4.78 is 13.9. The average Bonchev–Trinajstić information content (AvgIpc) is 2.96. The molecule has 1 atom stereocenters. The molecule has 0 radical (unpaired) electrons. The molecule has 25 heavy (non-hydrogen) atoms. The van der Waals surface area contributed by atoms with E-state index in [0.717, 1.165) is 4.68 Å². The molecule has 0 aliphatic carbocycles. The minimum absolute atomic E-state index is 0.148. The molecule has 8 heteroatoms. The number of rotatable bonds is 4. The minimum atomic E-state index is -0.350. The monoisotopic (exact) mass is 340 g/mol. The van der Waals surface area contributed by atoms with E-state index in [9.17, 15) is 9.59 Å². The predicted molar refractivity (Wildman–Crippen MR) is 88.8 cm³/mol. The van der Waals surface area contributed by atoms with Crippen LogP contribution >= 0.6 is 0 Å². The zero-order chi connectivity index (χ0) is 17.2. The van der Waals surface area contributed by atoms with Gasteiger partial charge in [0.15, 0.2) is 17.1 Å². The molecule has 1 amide bonds. The fraction of sp³-hybridized carbons (Fsp3) is 0.235. The van der Waals surface area contributed by atoms with Crippen molar-refractivity contribution < 1.29 is 14.3 Å². The Hall–Kier alpha value is -3.29. The molecule has 4 rings (SSSR count). The van der Waals surface area contributed by atoms with Crippen molar-refractivity contribution in [3.05, 3.63) is 59.1 Å². The first-order valence-electron chi connectivity index (χ1n) is 7.90. The smallest absolute Gasteiger partial charge is 0.350 e. The lowest BCUT2D eigenvalue weighted by molar-refractivity contribution is -0.122. The fourth-order valence-electron chi connectivity index (χ4n) is 2.65. The summed E-state index contributed by atoms with van der Waals surface area (Å²) in [6, 6.07) is 12.6. The van der Waals surface area contributed by atoms with Crippen LogP contribution in [0.1, 0.15) is 0 Å². The van der Waals surface area contributed by atoms with E-state index >= 15 is 0 Å². The topological polar surface area (TPSA) is 86.9 Å². The summed E-state index contributed by atoms with van der Waals surface area (Å²) in [5.41, 5.74) is 0.151. The molecule has 128 valence electrons. The van der Waals surface area contributed by atoms with Gasteiger partial charge < -0.3 is 14.8 Å². The maximum Gasteiger partial charge on any atom is 0.350 e. The highest BCUT2D eigenvalue weighted by Gasteiger charge is 2.21. The van der Waals surface area contributed by atoms with Crippen LogP contribution in [0.5, 0.6) is 11.5 Å². The molecule has 1 aliphatic rings. The summed E-state index contributed by atoms with van der Waals surface area (Å²) >= 11 is 0. The van der Waals surface area contributed by atoms with Gasteiger partial charge >= 0.3 is 5.69 Å². The number of pyridine rings is 1. The van der Waals surface area contributed by atoms with Gasteiger partial charge in [-0.25, -0.2) is 9.48 Å². The zero-order valence-corrected chi connectivity index (χ0v) is 13.3. The van der Waals surface area contributed by atoms with Gasteiger partial charge in [-0.2, -0.15) is 0 Å². The van der Waals surface area contributed by atoms with Crippen LogP contribution in [0.3, 0.4) is 0 Å². The van der Waals surface area contributed by atoms with Gasteiger partial charge in [-0.3, -0.25) is 9.20 Å². The van der Waals surface area contributed by atoms with Gasteiger partial charge in [0, 0.05) is 6.20 Å². The summed E-state index contributed by atoms with van der Waals surface area (Å²) in [5, 5.41) is 6.88. The Balaban J connectivity index is 1.37. The van der Waals surface area contributed by atoms with Crippen LogP contribution in [0.4, 0.5) is 0 Å². The van der Waals surface area contributed by atoms with Crippen LogP contribution in [-0.4, -0.2) is 39.3 Å². The number of carbonyl (C=O) groups excluding carboxylic acids is 1. The molecule has 8 nitrogen and oxygen atoms in total. The van der Waals surface area contributed by atoms with E-state index in [1.807, 2.05) is 24.3 Å². The van der Waals surface area contributed by atoms with Crippen molar-refractivity contribution in [3.8, 4) is 11.5 Å². The molecule has 0 fully saturated rings.